The number of hydrogen-bond acceptors (Lipinski definition) is 2. The lowest BCUT2D eigenvalue weighted by Crippen LogP contribution is -2.50. The normalized spacial score (nSPS) is 13.9. The zero-order valence-electron chi connectivity index (χ0n) is 13.0. The lowest BCUT2D eigenvalue weighted by molar-refractivity contribution is 0.394. The van der Waals surface area contributed by atoms with E-state index in [1.807, 2.05) is 13.8 Å². The summed E-state index contributed by atoms with van der Waals surface area (Å²) in [7, 11) is -3.25. The molecule has 0 fully saturated rings. The van der Waals surface area contributed by atoms with E-state index < -0.39 is 14.8 Å². The van der Waals surface area contributed by atoms with E-state index in [1.165, 1.54) is 25.7 Å². The molecule has 0 atom stereocenters. The highest BCUT2D eigenvalue weighted by Gasteiger charge is 2.33. The summed E-state index contributed by atoms with van der Waals surface area (Å²) in [5, 5.41) is 0. The molecule has 0 saturated carbocycles. The van der Waals surface area contributed by atoms with Crippen LogP contribution in [0.4, 0.5) is 0 Å². The molecule has 0 aliphatic carbocycles. The van der Waals surface area contributed by atoms with Crippen molar-refractivity contribution in [1.29, 1.82) is 0 Å². The van der Waals surface area contributed by atoms with Crippen LogP contribution in [0.5, 0.6) is 0 Å². The first-order valence-electron chi connectivity index (χ1n) is 7.05. The zero-order chi connectivity index (χ0) is 14.4. The highest BCUT2D eigenvalue weighted by Crippen LogP contribution is 2.21. The summed E-state index contributed by atoms with van der Waals surface area (Å²) in [6.07, 6.45) is 6.92. The maximum absolute atomic E-state index is 12.1. The Balaban J connectivity index is 4.23. The Labute approximate surface area is 114 Å². The van der Waals surface area contributed by atoms with Gasteiger partial charge in [0.25, 0.3) is 0 Å². The van der Waals surface area contributed by atoms with Gasteiger partial charge in [-0.25, -0.2) is 13.1 Å². The molecule has 0 bridgehead atoms. The molecule has 3 nitrogen and oxygen atoms in total. The smallest absolute Gasteiger partial charge is 0.212 e. The summed E-state index contributed by atoms with van der Waals surface area (Å²) in [5.41, 5.74) is -0.349. The van der Waals surface area contributed by atoms with Crippen molar-refractivity contribution < 1.29 is 8.42 Å². The first-order chi connectivity index (χ1) is 8.02. The van der Waals surface area contributed by atoms with Gasteiger partial charge in [-0.05, 0) is 41.0 Å². The molecular weight excluding hydrogens is 246 g/mol. The molecule has 0 saturated heterocycles. The minimum absolute atomic E-state index is 0.349. The molecule has 0 heterocycles. The second-order valence-electron chi connectivity index (χ2n) is 6.77. The monoisotopic (exact) mass is 277 g/mol. The van der Waals surface area contributed by atoms with Crippen LogP contribution in [0.3, 0.4) is 0 Å². The molecule has 1 N–H and O–H groups in total. The lowest BCUT2D eigenvalue weighted by atomic mass is 9.97. The van der Waals surface area contributed by atoms with E-state index in [0.29, 0.717) is 0 Å². The van der Waals surface area contributed by atoms with E-state index in [-0.39, 0.29) is 5.54 Å². The molecule has 0 rings (SSSR count). The summed E-state index contributed by atoms with van der Waals surface area (Å²) < 4.78 is 26.3. The van der Waals surface area contributed by atoms with E-state index in [0.717, 1.165) is 12.8 Å². The van der Waals surface area contributed by atoms with E-state index in [4.69, 9.17) is 0 Å². The molecule has 0 radical (unpaired) electrons. The molecule has 0 aromatic carbocycles. The Morgan fingerprint density at radius 1 is 0.889 bits per heavy atom. The topological polar surface area (TPSA) is 46.2 Å². The van der Waals surface area contributed by atoms with Crippen LogP contribution in [0, 0.1) is 0 Å². The predicted octanol–water partition coefficient (Wildman–Crippen LogP) is 3.84. The van der Waals surface area contributed by atoms with Gasteiger partial charge >= 0.3 is 0 Å². The second-order valence-corrected chi connectivity index (χ2v) is 9.20. The van der Waals surface area contributed by atoms with Crippen molar-refractivity contribution in [1.82, 2.24) is 4.72 Å². The van der Waals surface area contributed by atoms with Crippen LogP contribution in [0.25, 0.3) is 0 Å². The van der Waals surface area contributed by atoms with Gasteiger partial charge in [0.2, 0.25) is 10.0 Å². The van der Waals surface area contributed by atoms with E-state index in [9.17, 15) is 8.42 Å². The number of nitrogens with one attached hydrogen (secondary N) is 1. The average Bonchev–Trinajstić information content (AvgIpc) is 2.13. The molecule has 18 heavy (non-hydrogen) atoms. The highest BCUT2D eigenvalue weighted by atomic mass is 32.2. The molecular formula is C14H31NO2S. The average molecular weight is 277 g/mol. The van der Waals surface area contributed by atoms with Gasteiger partial charge in [0.15, 0.2) is 0 Å². The second kappa shape index (κ2) is 6.90. The van der Waals surface area contributed by atoms with Gasteiger partial charge in [0.05, 0.1) is 4.75 Å². The highest BCUT2D eigenvalue weighted by molar-refractivity contribution is 7.90. The third kappa shape index (κ3) is 6.74. The Hall–Kier alpha value is -0.0900. The summed E-state index contributed by atoms with van der Waals surface area (Å²) in [6.45, 7) is 11.3. The van der Waals surface area contributed by atoms with Gasteiger partial charge in [-0.2, -0.15) is 0 Å². The minimum Gasteiger partial charge on any atom is -0.212 e. The van der Waals surface area contributed by atoms with Crippen molar-refractivity contribution >= 4 is 10.0 Å². The lowest BCUT2D eigenvalue weighted by Gasteiger charge is -2.30. The fourth-order valence-electron chi connectivity index (χ4n) is 1.74. The molecule has 4 heteroatoms. The molecule has 0 aromatic heterocycles. The number of unbranched alkanes of at least 4 members (excludes halogenated alkanes) is 4. The van der Waals surface area contributed by atoms with Crippen LogP contribution in [0.1, 0.15) is 80.1 Å². The standard InChI is InChI=1S/C14H31NO2S/c1-7-8-9-10-11-12-14(5,6)15-18(16,17)13(2,3)4/h15H,7-12H2,1-6H3. The minimum atomic E-state index is -3.25. The molecule has 0 aromatic rings. The quantitative estimate of drug-likeness (QED) is 0.685. The largest absolute Gasteiger partial charge is 0.217 e. The summed E-state index contributed by atoms with van der Waals surface area (Å²) in [4.78, 5) is 0. The van der Waals surface area contributed by atoms with Crippen molar-refractivity contribution in [3.05, 3.63) is 0 Å². The third-order valence-electron chi connectivity index (χ3n) is 3.12. The van der Waals surface area contributed by atoms with E-state index >= 15 is 0 Å². The van der Waals surface area contributed by atoms with Crippen LogP contribution < -0.4 is 4.72 Å². The zero-order valence-corrected chi connectivity index (χ0v) is 13.8. The molecule has 0 aliphatic rings. The third-order valence-corrected chi connectivity index (χ3v) is 5.56. The Bertz CT molecular complexity index is 326. The SMILES string of the molecule is CCCCCCCC(C)(C)NS(=O)(=O)C(C)(C)C. The Kier molecular flexibility index (Phi) is 6.86. The first kappa shape index (κ1) is 17.9. The maximum atomic E-state index is 12.1. The molecule has 0 amide bonds. The Morgan fingerprint density at radius 3 is 1.83 bits per heavy atom. The number of hydrogen-bond donors (Lipinski definition) is 1. The van der Waals surface area contributed by atoms with E-state index in [2.05, 4.69) is 11.6 Å². The van der Waals surface area contributed by atoms with Gasteiger partial charge in [0.1, 0.15) is 0 Å². The van der Waals surface area contributed by atoms with Gasteiger partial charge in [-0.15, -0.1) is 0 Å². The summed E-state index contributed by atoms with van der Waals surface area (Å²) in [6, 6.07) is 0. The fraction of sp³-hybridized carbons (Fsp3) is 1.00. The van der Waals surface area contributed by atoms with Crippen molar-refractivity contribution in [3.8, 4) is 0 Å². The molecule has 0 aliphatic heterocycles. The van der Waals surface area contributed by atoms with Crippen LogP contribution in [-0.4, -0.2) is 18.7 Å². The van der Waals surface area contributed by atoms with E-state index in [1.54, 1.807) is 20.8 Å². The number of sulfonamides is 1. The summed E-state index contributed by atoms with van der Waals surface area (Å²) >= 11 is 0. The van der Waals surface area contributed by atoms with Crippen molar-refractivity contribution in [2.45, 2.75) is 90.4 Å². The van der Waals surface area contributed by atoms with Crippen molar-refractivity contribution in [3.63, 3.8) is 0 Å². The molecule has 0 unspecified atom stereocenters. The fourth-order valence-corrected chi connectivity index (χ4v) is 2.87. The van der Waals surface area contributed by atoms with Crippen LogP contribution >= 0.6 is 0 Å². The summed E-state index contributed by atoms with van der Waals surface area (Å²) in [5.74, 6) is 0. The van der Waals surface area contributed by atoms with Crippen molar-refractivity contribution in [2.24, 2.45) is 0 Å². The Morgan fingerprint density at radius 2 is 1.39 bits per heavy atom. The van der Waals surface area contributed by atoms with Crippen molar-refractivity contribution in [2.75, 3.05) is 0 Å². The van der Waals surface area contributed by atoms with Crippen LogP contribution in [0.2, 0.25) is 0 Å². The van der Waals surface area contributed by atoms with Crippen LogP contribution in [-0.2, 0) is 10.0 Å². The van der Waals surface area contributed by atoms with Gasteiger partial charge in [-0.3, -0.25) is 0 Å². The van der Waals surface area contributed by atoms with Crippen LogP contribution in [0.15, 0.2) is 0 Å². The molecule has 110 valence electrons. The predicted molar refractivity (Wildman–Crippen MR) is 79.3 cm³/mol. The van der Waals surface area contributed by atoms with Gasteiger partial charge in [0, 0.05) is 5.54 Å². The number of rotatable bonds is 8. The maximum Gasteiger partial charge on any atom is 0.217 e. The first-order valence-corrected chi connectivity index (χ1v) is 8.54. The molecule has 0 spiro atoms. The van der Waals surface area contributed by atoms with Gasteiger partial charge < -0.3 is 0 Å². The van der Waals surface area contributed by atoms with Gasteiger partial charge in [-0.1, -0.05) is 39.0 Å².